The van der Waals surface area contributed by atoms with Crippen LogP contribution in [0, 0.1) is 12.8 Å². The molecule has 29 heavy (non-hydrogen) atoms. The number of rotatable bonds is 5. The van der Waals surface area contributed by atoms with E-state index >= 15 is 0 Å². The smallest absolute Gasteiger partial charge is 0.260 e. The summed E-state index contributed by atoms with van der Waals surface area (Å²) in [5.41, 5.74) is 1.30. The molecule has 7 heteroatoms. The summed E-state index contributed by atoms with van der Waals surface area (Å²) in [6.45, 7) is 9.33. The van der Waals surface area contributed by atoms with Gasteiger partial charge in [0.1, 0.15) is 11.5 Å². The van der Waals surface area contributed by atoms with Crippen LogP contribution in [0.4, 0.5) is 5.82 Å². The van der Waals surface area contributed by atoms with Gasteiger partial charge >= 0.3 is 0 Å². The van der Waals surface area contributed by atoms with Gasteiger partial charge in [0.15, 0.2) is 12.4 Å². The first-order chi connectivity index (χ1) is 13.7. The van der Waals surface area contributed by atoms with Crippen molar-refractivity contribution >= 4 is 17.6 Å². The minimum atomic E-state index is -0.137. The predicted octanol–water partition coefficient (Wildman–Crippen LogP) is 3.54. The van der Waals surface area contributed by atoms with Crippen LogP contribution < -0.4 is 10.1 Å². The lowest BCUT2D eigenvalue weighted by Gasteiger charge is -2.31. The standard InChI is InChI=1S/C22H29N3O4/c1-15-13-19(24-29-15)23-21(27)16-9-11-25(12-10-16)20(26)14-28-18-7-5-17(6-8-18)22(2,3)4/h5-8,13,16H,9-12,14H2,1-4H3,(H,23,24,27). The van der Waals surface area contributed by atoms with Gasteiger partial charge in [-0.15, -0.1) is 0 Å². The minimum Gasteiger partial charge on any atom is -0.484 e. The normalized spacial score (nSPS) is 15.2. The van der Waals surface area contributed by atoms with Crippen molar-refractivity contribution in [3.63, 3.8) is 0 Å². The highest BCUT2D eigenvalue weighted by atomic mass is 16.5. The number of carbonyl (C=O) groups is 2. The molecule has 2 amide bonds. The molecule has 3 rings (SSSR count). The number of nitrogens with one attached hydrogen (secondary N) is 1. The number of piperidine rings is 1. The molecule has 0 radical (unpaired) electrons. The third-order valence-electron chi connectivity index (χ3n) is 5.18. The lowest BCUT2D eigenvalue weighted by molar-refractivity contribution is -0.136. The molecule has 1 aliphatic rings. The van der Waals surface area contributed by atoms with Crippen LogP contribution in [0.25, 0.3) is 0 Å². The molecule has 7 nitrogen and oxygen atoms in total. The van der Waals surface area contributed by atoms with Gasteiger partial charge < -0.3 is 19.5 Å². The molecule has 0 aliphatic carbocycles. The van der Waals surface area contributed by atoms with E-state index in [1.807, 2.05) is 24.3 Å². The van der Waals surface area contributed by atoms with Gasteiger partial charge in [0.2, 0.25) is 5.91 Å². The molecule has 156 valence electrons. The van der Waals surface area contributed by atoms with Crippen LogP contribution >= 0.6 is 0 Å². The molecule has 1 N–H and O–H groups in total. The number of aromatic nitrogens is 1. The fourth-order valence-corrected chi connectivity index (χ4v) is 3.33. The Hall–Kier alpha value is -2.83. The fraction of sp³-hybridized carbons (Fsp3) is 0.500. The molecule has 1 aliphatic heterocycles. The highest BCUT2D eigenvalue weighted by Gasteiger charge is 2.28. The van der Waals surface area contributed by atoms with Gasteiger partial charge in [-0.3, -0.25) is 9.59 Å². The molecule has 2 heterocycles. The quantitative estimate of drug-likeness (QED) is 0.831. The van der Waals surface area contributed by atoms with Gasteiger partial charge in [-0.2, -0.15) is 0 Å². The number of hydrogen-bond acceptors (Lipinski definition) is 5. The maximum absolute atomic E-state index is 12.4. The second-order valence-electron chi connectivity index (χ2n) is 8.53. The average Bonchev–Trinajstić information content (AvgIpc) is 3.10. The summed E-state index contributed by atoms with van der Waals surface area (Å²) in [6, 6.07) is 9.54. The van der Waals surface area contributed by atoms with Crippen LogP contribution in [0.2, 0.25) is 0 Å². The number of hydrogen-bond donors (Lipinski definition) is 1. The van der Waals surface area contributed by atoms with E-state index in [2.05, 4.69) is 31.2 Å². The van der Waals surface area contributed by atoms with Gasteiger partial charge in [-0.05, 0) is 42.9 Å². The predicted molar refractivity (Wildman–Crippen MR) is 110 cm³/mol. The number of ether oxygens (including phenoxy) is 1. The summed E-state index contributed by atoms with van der Waals surface area (Å²) in [6.07, 6.45) is 1.24. The zero-order chi connectivity index (χ0) is 21.0. The van der Waals surface area contributed by atoms with Crippen LogP contribution in [-0.4, -0.2) is 41.6 Å². The maximum Gasteiger partial charge on any atom is 0.260 e. The zero-order valence-corrected chi connectivity index (χ0v) is 17.5. The van der Waals surface area contributed by atoms with Crippen LogP contribution in [-0.2, 0) is 15.0 Å². The van der Waals surface area contributed by atoms with Gasteiger partial charge in [-0.25, -0.2) is 0 Å². The monoisotopic (exact) mass is 399 g/mol. The van der Waals surface area contributed by atoms with E-state index in [1.54, 1.807) is 17.9 Å². The molecule has 0 saturated carbocycles. The number of anilines is 1. The van der Waals surface area contributed by atoms with Crippen molar-refractivity contribution in [2.45, 2.75) is 46.0 Å². The van der Waals surface area contributed by atoms with Crippen molar-refractivity contribution in [2.75, 3.05) is 25.0 Å². The first-order valence-electron chi connectivity index (χ1n) is 9.97. The largest absolute Gasteiger partial charge is 0.484 e. The molecular weight excluding hydrogens is 370 g/mol. The van der Waals surface area contributed by atoms with Crippen molar-refractivity contribution in [2.24, 2.45) is 5.92 Å². The molecule has 0 bridgehead atoms. The minimum absolute atomic E-state index is 0.00391. The van der Waals surface area contributed by atoms with Crippen molar-refractivity contribution in [1.29, 1.82) is 0 Å². The van der Waals surface area contributed by atoms with Gasteiger partial charge in [0.25, 0.3) is 5.91 Å². The zero-order valence-electron chi connectivity index (χ0n) is 17.5. The molecule has 1 fully saturated rings. The third kappa shape index (κ3) is 5.59. The molecule has 2 aromatic rings. The number of amides is 2. The Morgan fingerprint density at radius 2 is 1.86 bits per heavy atom. The SMILES string of the molecule is Cc1cc(NC(=O)C2CCN(C(=O)COc3ccc(C(C)(C)C)cc3)CC2)no1. The third-order valence-corrected chi connectivity index (χ3v) is 5.18. The first-order valence-corrected chi connectivity index (χ1v) is 9.97. The van der Waals surface area contributed by atoms with Crippen molar-refractivity contribution in [3.05, 3.63) is 41.7 Å². The van der Waals surface area contributed by atoms with Crippen molar-refractivity contribution in [1.82, 2.24) is 10.1 Å². The van der Waals surface area contributed by atoms with E-state index in [0.29, 0.717) is 43.3 Å². The van der Waals surface area contributed by atoms with Gasteiger partial charge in [0.05, 0.1) is 0 Å². The van der Waals surface area contributed by atoms with Crippen LogP contribution in [0.1, 0.15) is 44.9 Å². The average molecular weight is 399 g/mol. The van der Waals surface area contributed by atoms with Gasteiger partial charge in [-0.1, -0.05) is 38.1 Å². The molecule has 1 saturated heterocycles. The highest BCUT2D eigenvalue weighted by molar-refractivity contribution is 5.91. The summed E-state index contributed by atoms with van der Waals surface area (Å²) < 4.78 is 10.6. The fourth-order valence-electron chi connectivity index (χ4n) is 3.33. The van der Waals surface area contributed by atoms with Crippen LogP contribution in [0.15, 0.2) is 34.9 Å². The summed E-state index contributed by atoms with van der Waals surface area (Å²) in [5, 5.41) is 6.54. The van der Waals surface area contributed by atoms with E-state index in [4.69, 9.17) is 9.26 Å². The summed E-state index contributed by atoms with van der Waals surface area (Å²) in [5.74, 6) is 1.48. The lowest BCUT2D eigenvalue weighted by Crippen LogP contribution is -2.43. The summed E-state index contributed by atoms with van der Waals surface area (Å²) in [4.78, 5) is 26.5. The maximum atomic E-state index is 12.4. The Morgan fingerprint density at radius 1 is 1.21 bits per heavy atom. The van der Waals surface area contributed by atoms with Gasteiger partial charge in [0, 0.05) is 25.1 Å². The van der Waals surface area contributed by atoms with Crippen LogP contribution in [0.5, 0.6) is 5.75 Å². The molecule has 0 spiro atoms. The number of nitrogens with zero attached hydrogens (tertiary/aromatic N) is 2. The Balaban J connectivity index is 1.43. The van der Waals surface area contributed by atoms with E-state index in [0.717, 1.165) is 0 Å². The molecule has 1 aromatic heterocycles. The summed E-state index contributed by atoms with van der Waals surface area (Å²) >= 11 is 0. The number of aryl methyl sites for hydroxylation is 1. The number of benzene rings is 1. The highest BCUT2D eigenvalue weighted by Crippen LogP contribution is 2.24. The molecule has 0 unspecified atom stereocenters. The topological polar surface area (TPSA) is 84.7 Å². The van der Waals surface area contributed by atoms with E-state index in [-0.39, 0.29) is 29.8 Å². The Labute approximate surface area is 171 Å². The van der Waals surface area contributed by atoms with E-state index < -0.39 is 0 Å². The number of carbonyl (C=O) groups excluding carboxylic acids is 2. The van der Waals surface area contributed by atoms with Crippen molar-refractivity contribution < 1.29 is 18.8 Å². The molecule has 1 aromatic carbocycles. The van der Waals surface area contributed by atoms with E-state index in [1.165, 1.54) is 5.56 Å². The van der Waals surface area contributed by atoms with E-state index in [9.17, 15) is 9.59 Å². The first kappa shape index (κ1) is 20.9. The lowest BCUT2D eigenvalue weighted by atomic mass is 9.87. The van der Waals surface area contributed by atoms with Crippen molar-refractivity contribution in [3.8, 4) is 5.75 Å². The Morgan fingerprint density at radius 3 is 2.41 bits per heavy atom. The summed E-state index contributed by atoms with van der Waals surface area (Å²) in [7, 11) is 0. The second kappa shape index (κ2) is 8.68. The van der Waals surface area contributed by atoms with Crippen LogP contribution in [0.3, 0.4) is 0 Å². The molecule has 0 atom stereocenters. The second-order valence-corrected chi connectivity index (χ2v) is 8.53. The Kier molecular flexibility index (Phi) is 6.25. The Bertz CT molecular complexity index is 844. The molecular formula is C22H29N3O4. The number of likely N-dealkylation sites (tertiary alicyclic amines) is 1.